The van der Waals surface area contributed by atoms with E-state index >= 15 is 0 Å². The smallest absolute Gasteiger partial charge is 0.329 e. The first-order chi connectivity index (χ1) is 20.6. The third kappa shape index (κ3) is 10.2. The van der Waals surface area contributed by atoms with Gasteiger partial charge in [0.05, 0.1) is 23.9 Å². The summed E-state index contributed by atoms with van der Waals surface area (Å²) in [6.45, 7) is 14.6. The predicted molar refractivity (Wildman–Crippen MR) is 167 cm³/mol. The molecule has 1 saturated carbocycles. The van der Waals surface area contributed by atoms with E-state index in [-0.39, 0.29) is 37.8 Å². The molecule has 0 aromatic carbocycles. The SMILES string of the molecule is C=CCOC(=O)[C@@H]1C[C@@H](Oc2ccc(Cl)cn2)CN1C(=O)[C@@H](NC(=O)[C@@H](CC(=O)OC(C)(C)C)C1CCCCC1)C(C)(C)C. The van der Waals surface area contributed by atoms with Crippen LogP contribution in [0, 0.1) is 17.3 Å². The number of carbonyl (C=O) groups is 4. The summed E-state index contributed by atoms with van der Waals surface area (Å²) in [6.07, 6.45) is 7.19. The van der Waals surface area contributed by atoms with Gasteiger partial charge in [-0.3, -0.25) is 14.4 Å². The Bertz CT molecular complexity index is 1170. The molecule has 0 radical (unpaired) electrons. The van der Waals surface area contributed by atoms with Crippen LogP contribution < -0.4 is 10.1 Å². The van der Waals surface area contributed by atoms with Gasteiger partial charge in [0, 0.05) is 18.7 Å². The molecule has 1 saturated heterocycles. The number of halogens is 1. The second kappa shape index (κ2) is 15.2. The Balaban J connectivity index is 1.85. The molecular weight excluding hydrogens is 586 g/mol. The van der Waals surface area contributed by atoms with E-state index in [1.54, 1.807) is 32.9 Å². The third-order valence-electron chi connectivity index (χ3n) is 7.91. The Morgan fingerprint density at radius 1 is 1.11 bits per heavy atom. The molecule has 44 heavy (non-hydrogen) atoms. The van der Waals surface area contributed by atoms with Crippen molar-refractivity contribution in [3.05, 3.63) is 36.0 Å². The van der Waals surface area contributed by atoms with Crippen LogP contribution in [0.25, 0.3) is 0 Å². The molecule has 1 aromatic rings. The molecule has 1 aromatic heterocycles. The molecule has 1 aliphatic carbocycles. The van der Waals surface area contributed by atoms with Gasteiger partial charge >= 0.3 is 11.9 Å². The highest BCUT2D eigenvalue weighted by molar-refractivity contribution is 6.30. The van der Waals surface area contributed by atoms with Crippen molar-refractivity contribution < 1.29 is 33.4 Å². The lowest BCUT2D eigenvalue weighted by molar-refractivity contribution is -0.159. The Morgan fingerprint density at radius 2 is 1.80 bits per heavy atom. The van der Waals surface area contributed by atoms with Gasteiger partial charge in [-0.15, -0.1) is 0 Å². The van der Waals surface area contributed by atoms with Crippen LogP contribution in [0.1, 0.15) is 86.5 Å². The zero-order valence-electron chi connectivity index (χ0n) is 26.9. The Hall–Kier alpha value is -3.14. The summed E-state index contributed by atoms with van der Waals surface area (Å²) < 4.78 is 16.9. The second-order valence-corrected chi connectivity index (χ2v) is 14.3. The number of aromatic nitrogens is 1. The first-order valence-electron chi connectivity index (χ1n) is 15.5. The average molecular weight is 634 g/mol. The lowest BCUT2D eigenvalue weighted by Gasteiger charge is -2.37. The van der Waals surface area contributed by atoms with E-state index < -0.39 is 53.0 Å². The molecule has 2 heterocycles. The normalized spacial score (nSPS) is 20.8. The number of ether oxygens (including phenoxy) is 3. The van der Waals surface area contributed by atoms with E-state index in [0.29, 0.717) is 10.9 Å². The molecular formula is C33H48ClN3O7. The molecule has 10 nitrogen and oxygen atoms in total. The van der Waals surface area contributed by atoms with E-state index in [4.69, 9.17) is 25.8 Å². The standard InChI is InChI=1S/C33H48ClN3O7/c1-8-16-42-31(41)25-17-23(43-26-15-14-22(34)19-35-26)20-37(25)30(40)28(32(2,3)4)36-29(39)24(21-12-10-9-11-13-21)18-27(38)44-33(5,6)7/h8,14-15,19,21,23-25,28H,1,9-13,16-18,20H2,2-7H3,(H,36,39)/t23-,24+,25+,28-/m1/s1. The topological polar surface area (TPSA) is 124 Å². The number of nitrogens with zero attached hydrogens (tertiary/aromatic N) is 2. The van der Waals surface area contributed by atoms with Crippen LogP contribution in [0.5, 0.6) is 5.88 Å². The lowest BCUT2D eigenvalue weighted by Crippen LogP contribution is -2.58. The van der Waals surface area contributed by atoms with Crippen LogP contribution in [0.15, 0.2) is 31.0 Å². The van der Waals surface area contributed by atoms with Crippen LogP contribution in [-0.2, 0) is 28.7 Å². The Kier molecular flexibility index (Phi) is 12.2. The fraction of sp³-hybridized carbons (Fsp3) is 0.667. The molecule has 2 aliphatic rings. The van der Waals surface area contributed by atoms with Crippen molar-refractivity contribution in [2.45, 2.75) is 110 Å². The fourth-order valence-corrected chi connectivity index (χ4v) is 5.94. The van der Waals surface area contributed by atoms with Crippen LogP contribution >= 0.6 is 11.6 Å². The molecule has 2 fully saturated rings. The van der Waals surface area contributed by atoms with Gasteiger partial charge in [-0.05, 0) is 51.0 Å². The minimum atomic E-state index is -0.984. The van der Waals surface area contributed by atoms with Crippen molar-refractivity contribution in [1.29, 1.82) is 0 Å². The van der Waals surface area contributed by atoms with Crippen LogP contribution in [-0.4, -0.2) is 70.6 Å². The van der Waals surface area contributed by atoms with Crippen LogP contribution in [0.4, 0.5) is 0 Å². The summed E-state index contributed by atoms with van der Waals surface area (Å²) in [4.78, 5) is 59.8. The molecule has 0 spiro atoms. The van der Waals surface area contributed by atoms with E-state index in [0.717, 1.165) is 32.1 Å². The lowest BCUT2D eigenvalue weighted by atomic mass is 9.77. The van der Waals surface area contributed by atoms with Crippen molar-refractivity contribution in [2.75, 3.05) is 13.2 Å². The molecule has 4 atom stereocenters. The number of hydrogen-bond donors (Lipinski definition) is 1. The van der Waals surface area contributed by atoms with Crippen molar-refractivity contribution in [3.8, 4) is 5.88 Å². The zero-order chi connectivity index (χ0) is 32.7. The second-order valence-electron chi connectivity index (χ2n) is 13.8. The summed E-state index contributed by atoms with van der Waals surface area (Å²) in [6, 6.07) is 1.34. The minimum Gasteiger partial charge on any atom is -0.472 e. The predicted octanol–water partition coefficient (Wildman–Crippen LogP) is 5.27. The molecule has 244 valence electrons. The van der Waals surface area contributed by atoms with E-state index in [9.17, 15) is 19.2 Å². The van der Waals surface area contributed by atoms with Gasteiger partial charge in [0.15, 0.2) is 0 Å². The van der Waals surface area contributed by atoms with E-state index in [2.05, 4.69) is 16.9 Å². The molecule has 0 unspecified atom stereocenters. The highest BCUT2D eigenvalue weighted by Gasteiger charge is 2.47. The van der Waals surface area contributed by atoms with Crippen LogP contribution in [0.2, 0.25) is 5.02 Å². The first-order valence-corrected chi connectivity index (χ1v) is 15.8. The van der Waals surface area contributed by atoms with Gasteiger partial charge in [-0.1, -0.05) is 64.3 Å². The summed E-state index contributed by atoms with van der Waals surface area (Å²) in [5.74, 6) is -2.14. The van der Waals surface area contributed by atoms with Gasteiger partial charge in [-0.25, -0.2) is 9.78 Å². The molecule has 1 aliphatic heterocycles. The van der Waals surface area contributed by atoms with Crippen molar-refractivity contribution >= 4 is 35.4 Å². The van der Waals surface area contributed by atoms with Gasteiger partial charge in [0.25, 0.3) is 0 Å². The van der Waals surface area contributed by atoms with Gasteiger partial charge in [-0.2, -0.15) is 0 Å². The number of likely N-dealkylation sites (tertiary alicyclic amines) is 1. The molecule has 11 heteroatoms. The number of hydrogen-bond acceptors (Lipinski definition) is 8. The summed E-state index contributed by atoms with van der Waals surface area (Å²) >= 11 is 5.95. The fourth-order valence-electron chi connectivity index (χ4n) is 5.83. The monoisotopic (exact) mass is 633 g/mol. The van der Waals surface area contributed by atoms with Gasteiger partial charge < -0.3 is 24.4 Å². The maximum Gasteiger partial charge on any atom is 0.329 e. The largest absolute Gasteiger partial charge is 0.472 e. The number of rotatable bonds is 11. The molecule has 1 N–H and O–H groups in total. The quantitative estimate of drug-likeness (QED) is 0.258. The number of nitrogens with one attached hydrogen (secondary N) is 1. The summed E-state index contributed by atoms with van der Waals surface area (Å²) in [5.41, 5.74) is -1.40. The van der Waals surface area contributed by atoms with Crippen molar-refractivity contribution in [3.63, 3.8) is 0 Å². The Labute approximate surface area is 266 Å². The van der Waals surface area contributed by atoms with Gasteiger partial charge in [0.2, 0.25) is 17.7 Å². The van der Waals surface area contributed by atoms with Gasteiger partial charge in [0.1, 0.15) is 30.4 Å². The molecule has 3 rings (SSSR count). The maximum atomic E-state index is 14.3. The van der Waals surface area contributed by atoms with Crippen LogP contribution in [0.3, 0.4) is 0 Å². The highest BCUT2D eigenvalue weighted by atomic mass is 35.5. The zero-order valence-corrected chi connectivity index (χ0v) is 27.7. The summed E-state index contributed by atoms with van der Waals surface area (Å²) in [7, 11) is 0. The van der Waals surface area contributed by atoms with E-state index in [1.807, 2.05) is 20.8 Å². The molecule has 2 amide bonds. The number of pyridine rings is 1. The Morgan fingerprint density at radius 3 is 2.36 bits per heavy atom. The average Bonchev–Trinajstić information content (AvgIpc) is 3.37. The number of amides is 2. The minimum absolute atomic E-state index is 0.00469. The highest BCUT2D eigenvalue weighted by Crippen LogP contribution is 2.34. The maximum absolute atomic E-state index is 14.3. The summed E-state index contributed by atoms with van der Waals surface area (Å²) in [5, 5.41) is 3.45. The third-order valence-corrected chi connectivity index (χ3v) is 8.13. The van der Waals surface area contributed by atoms with E-state index in [1.165, 1.54) is 17.2 Å². The first kappa shape index (κ1) is 35.3. The van der Waals surface area contributed by atoms with Crippen molar-refractivity contribution in [2.24, 2.45) is 17.3 Å². The molecule has 0 bridgehead atoms. The number of carbonyl (C=O) groups excluding carboxylic acids is 4. The number of esters is 2. The van der Waals surface area contributed by atoms with Crippen molar-refractivity contribution in [1.82, 2.24) is 15.2 Å².